The summed E-state index contributed by atoms with van der Waals surface area (Å²) in [5.74, 6) is 0.251. The molecular weight excluding hydrogens is 212 g/mol. The fourth-order valence-electron chi connectivity index (χ4n) is 1.92. The number of hydrogen-bond donors (Lipinski definition) is 1. The average molecular weight is 224 g/mol. The van der Waals surface area contributed by atoms with Gasteiger partial charge in [-0.15, -0.1) is 0 Å². The largest absolute Gasteiger partial charge is 0.506 e. The van der Waals surface area contributed by atoms with E-state index >= 15 is 0 Å². The van der Waals surface area contributed by atoms with Crippen LogP contribution in [0.1, 0.15) is 11.3 Å². The minimum atomic E-state index is 0.251. The Morgan fingerprint density at radius 1 is 1.00 bits per heavy atom. The second-order valence-corrected chi connectivity index (χ2v) is 4.05. The first-order valence-corrected chi connectivity index (χ1v) is 5.52. The highest BCUT2D eigenvalue weighted by atomic mass is 16.3. The van der Waals surface area contributed by atoms with Crippen molar-refractivity contribution in [1.29, 1.82) is 0 Å². The van der Waals surface area contributed by atoms with E-state index in [1.54, 1.807) is 12.3 Å². The van der Waals surface area contributed by atoms with Gasteiger partial charge in [0.25, 0.3) is 0 Å². The van der Waals surface area contributed by atoms with E-state index in [0.29, 0.717) is 0 Å². The number of imidazole rings is 1. The molecular formula is C14H12N2O. The minimum absolute atomic E-state index is 0.251. The van der Waals surface area contributed by atoms with Crippen LogP contribution in [0.3, 0.4) is 0 Å². The van der Waals surface area contributed by atoms with Crippen LogP contribution >= 0.6 is 0 Å². The number of hydrogen-bond acceptors (Lipinski definition) is 2. The van der Waals surface area contributed by atoms with Crippen LogP contribution in [0.2, 0.25) is 0 Å². The quantitative estimate of drug-likeness (QED) is 0.726. The normalized spacial score (nSPS) is 10.8. The monoisotopic (exact) mass is 224 g/mol. The number of benzene rings is 1. The molecule has 0 aliphatic heterocycles. The van der Waals surface area contributed by atoms with Crippen molar-refractivity contribution in [2.75, 3.05) is 0 Å². The Morgan fingerprint density at radius 3 is 2.65 bits per heavy atom. The van der Waals surface area contributed by atoms with Crippen molar-refractivity contribution in [3.63, 3.8) is 0 Å². The van der Waals surface area contributed by atoms with E-state index in [1.165, 1.54) is 5.56 Å². The molecule has 0 bridgehead atoms. The van der Waals surface area contributed by atoms with E-state index < -0.39 is 0 Å². The maximum absolute atomic E-state index is 9.38. The van der Waals surface area contributed by atoms with E-state index in [4.69, 9.17) is 0 Å². The van der Waals surface area contributed by atoms with Crippen molar-refractivity contribution in [2.24, 2.45) is 0 Å². The van der Waals surface area contributed by atoms with Gasteiger partial charge >= 0.3 is 0 Å². The fraction of sp³-hybridized carbons (Fsp3) is 0.0714. The first kappa shape index (κ1) is 9.90. The number of aromatic hydroxyl groups is 1. The molecule has 3 rings (SSSR count). The van der Waals surface area contributed by atoms with Crippen LogP contribution in [0.15, 0.2) is 54.9 Å². The number of nitrogens with zero attached hydrogens (tertiary/aromatic N) is 2. The van der Waals surface area contributed by atoms with Crippen LogP contribution in [0.4, 0.5) is 0 Å². The topological polar surface area (TPSA) is 37.5 Å². The first-order valence-electron chi connectivity index (χ1n) is 5.52. The van der Waals surface area contributed by atoms with Gasteiger partial charge in [0.15, 0.2) is 0 Å². The SMILES string of the molecule is Oc1ccc2nc(Cc3ccccc3)cn2c1. The summed E-state index contributed by atoms with van der Waals surface area (Å²) in [5.41, 5.74) is 3.09. The first-order chi connectivity index (χ1) is 8.31. The third-order valence-electron chi connectivity index (χ3n) is 2.71. The molecule has 2 heterocycles. The standard InChI is InChI=1S/C14H12N2O/c17-13-6-7-14-15-12(9-16(14)10-13)8-11-4-2-1-3-5-11/h1-7,9-10,17H,8H2. The summed E-state index contributed by atoms with van der Waals surface area (Å²) >= 11 is 0. The summed E-state index contributed by atoms with van der Waals surface area (Å²) < 4.78 is 1.84. The number of aromatic nitrogens is 2. The zero-order valence-corrected chi connectivity index (χ0v) is 9.24. The fourth-order valence-corrected chi connectivity index (χ4v) is 1.92. The van der Waals surface area contributed by atoms with Gasteiger partial charge in [-0.3, -0.25) is 0 Å². The molecule has 84 valence electrons. The lowest BCUT2D eigenvalue weighted by Gasteiger charge is -1.95. The zero-order chi connectivity index (χ0) is 11.7. The predicted octanol–water partition coefficient (Wildman–Crippen LogP) is 2.63. The second kappa shape index (κ2) is 3.94. The van der Waals surface area contributed by atoms with Crippen LogP contribution in [-0.4, -0.2) is 14.5 Å². The van der Waals surface area contributed by atoms with Crippen LogP contribution < -0.4 is 0 Å². The molecule has 0 saturated heterocycles. The van der Waals surface area contributed by atoms with Crippen molar-refractivity contribution in [1.82, 2.24) is 9.38 Å². The molecule has 0 unspecified atom stereocenters. The molecule has 2 aromatic heterocycles. The Labute approximate surface area is 99.0 Å². The second-order valence-electron chi connectivity index (χ2n) is 4.05. The lowest BCUT2D eigenvalue weighted by molar-refractivity contribution is 0.472. The maximum Gasteiger partial charge on any atom is 0.137 e. The van der Waals surface area contributed by atoms with Crippen molar-refractivity contribution >= 4 is 5.65 Å². The van der Waals surface area contributed by atoms with Crippen molar-refractivity contribution in [3.05, 3.63) is 66.1 Å². The summed E-state index contributed by atoms with van der Waals surface area (Å²) in [7, 11) is 0. The van der Waals surface area contributed by atoms with Crippen LogP contribution in [0.5, 0.6) is 5.75 Å². The van der Waals surface area contributed by atoms with Crippen molar-refractivity contribution < 1.29 is 5.11 Å². The molecule has 3 aromatic rings. The Hall–Kier alpha value is -2.29. The molecule has 0 aliphatic carbocycles. The molecule has 0 spiro atoms. The molecule has 1 aromatic carbocycles. The molecule has 0 fully saturated rings. The lowest BCUT2D eigenvalue weighted by atomic mass is 10.1. The van der Waals surface area contributed by atoms with Gasteiger partial charge in [-0.05, 0) is 17.7 Å². The summed E-state index contributed by atoms with van der Waals surface area (Å²) in [6.45, 7) is 0. The zero-order valence-electron chi connectivity index (χ0n) is 9.24. The Morgan fingerprint density at radius 2 is 1.82 bits per heavy atom. The van der Waals surface area contributed by atoms with Gasteiger partial charge in [0.2, 0.25) is 0 Å². The predicted molar refractivity (Wildman–Crippen MR) is 66.1 cm³/mol. The van der Waals surface area contributed by atoms with Gasteiger partial charge in [0.05, 0.1) is 11.9 Å². The molecule has 17 heavy (non-hydrogen) atoms. The Kier molecular flexibility index (Phi) is 2.29. The smallest absolute Gasteiger partial charge is 0.137 e. The third kappa shape index (κ3) is 1.99. The number of pyridine rings is 1. The minimum Gasteiger partial charge on any atom is -0.506 e. The summed E-state index contributed by atoms with van der Waals surface area (Å²) in [6.07, 6.45) is 4.42. The van der Waals surface area contributed by atoms with Gasteiger partial charge < -0.3 is 9.51 Å². The van der Waals surface area contributed by atoms with E-state index in [1.807, 2.05) is 34.9 Å². The van der Waals surface area contributed by atoms with Crippen LogP contribution in [0.25, 0.3) is 5.65 Å². The van der Waals surface area contributed by atoms with E-state index in [-0.39, 0.29) is 5.75 Å². The van der Waals surface area contributed by atoms with E-state index in [9.17, 15) is 5.11 Å². The Balaban J connectivity index is 1.96. The molecule has 0 atom stereocenters. The highest BCUT2D eigenvalue weighted by Crippen LogP contribution is 2.14. The van der Waals surface area contributed by atoms with Crippen molar-refractivity contribution in [3.8, 4) is 5.75 Å². The Bertz CT molecular complexity index is 644. The van der Waals surface area contributed by atoms with Crippen LogP contribution in [0, 0.1) is 0 Å². The van der Waals surface area contributed by atoms with E-state index in [0.717, 1.165) is 17.8 Å². The molecule has 0 amide bonds. The van der Waals surface area contributed by atoms with Gasteiger partial charge in [0.1, 0.15) is 11.4 Å². The number of fused-ring (bicyclic) bond motifs is 1. The molecule has 3 heteroatoms. The van der Waals surface area contributed by atoms with Gasteiger partial charge in [-0.2, -0.15) is 0 Å². The summed E-state index contributed by atoms with van der Waals surface area (Å²) in [6, 6.07) is 13.7. The maximum atomic E-state index is 9.38. The van der Waals surface area contributed by atoms with Gasteiger partial charge in [-0.25, -0.2) is 4.98 Å². The van der Waals surface area contributed by atoms with Crippen LogP contribution in [-0.2, 0) is 6.42 Å². The molecule has 1 N–H and O–H groups in total. The lowest BCUT2D eigenvalue weighted by Crippen LogP contribution is -1.86. The highest BCUT2D eigenvalue weighted by molar-refractivity contribution is 5.43. The van der Waals surface area contributed by atoms with Gasteiger partial charge in [-0.1, -0.05) is 30.3 Å². The van der Waals surface area contributed by atoms with Crippen molar-refractivity contribution in [2.45, 2.75) is 6.42 Å². The highest BCUT2D eigenvalue weighted by Gasteiger charge is 2.02. The molecule has 0 radical (unpaired) electrons. The van der Waals surface area contributed by atoms with Gasteiger partial charge in [0, 0.05) is 12.6 Å². The third-order valence-corrected chi connectivity index (χ3v) is 2.71. The number of rotatable bonds is 2. The average Bonchev–Trinajstić information content (AvgIpc) is 2.71. The summed E-state index contributed by atoms with van der Waals surface area (Å²) in [4.78, 5) is 4.50. The van der Waals surface area contributed by atoms with E-state index in [2.05, 4.69) is 17.1 Å². The molecule has 0 saturated carbocycles. The summed E-state index contributed by atoms with van der Waals surface area (Å²) in [5, 5.41) is 9.38. The molecule has 0 aliphatic rings. The molecule has 3 nitrogen and oxygen atoms in total.